The van der Waals surface area contributed by atoms with Crippen molar-refractivity contribution >= 4 is 17.5 Å². The molecule has 0 aliphatic carbocycles. The molecule has 1 fully saturated rings. The fourth-order valence-corrected chi connectivity index (χ4v) is 3.34. The molecule has 0 saturated carbocycles. The van der Waals surface area contributed by atoms with E-state index in [1.165, 1.54) is 17.0 Å². The molecular weight excluding hydrogens is 387 g/mol. The normalized spacial score (nSPS) is 18.3. The van der Waals surface area contributed by atoms with E-state index in [1.54, 1.807) is 12.3 Å². The molecule has 29 heavy (non-hydrogen) atoms. The molecule has 0 spiro atoms. The van der Waals surface area contributed by atoms with Crippen molar-refractivity contribution in [3.8, 4) is 0 Å². The third-order valence-electron chi connectivity index (χ3n) is 4.95. The number of furan rings is 1. The van der Waals surface area contributed by atoms with E-state index in [0.717, 1.165) is 12.1 Å². The highest BCUT2D eigenvalue weighted by Crippen LogP contribution is 2.33. The van der Waals surface area contributed by atoms with Crippen molar-refractivity contribution in [3.63, 3.8) is 0 Å². The van der Waals surface area contributed by atoms with E-state index in [1.807, 2.05) is 25.1 Å². The molecule has 6 nitrogen and oxygen atoms in total. The molecule has 2 amide bonds. The standard InChI is InChI=1S/C20H22F3N3O3/c1-25(2)16(17-7-4-8-29-17)11-24-19(28)13-9-18(27)26(12-13)15-6-3-5-14(10-15)20(21,22)23/h3-8,10,13,16H,9,11-12H2,1-2H3,(H,24,28)/t13-,16+/m1/s1. The van der Waals surface area contributed by atoms with Crippen molar-refractivity contribution in [2.75, 3.05) is 32.1 Å². The Morgan fingerprint density at radius 3 is 2.69 bits per heavy atom. The van der Waals surface area contributed by atoms with Crippen molar-refractivity contribution in [3.05, 3.63) is 54.0 Å². The van der Waals surface area contributed by atoms with Gasteiger partial charge >= 0.3 is 6.18 Å². The van der Waals surface area contributed by atoms with Gasteiger partial charge in [0.15, 0.2) is 0 Å². The van der Waals surface area contributed by atoms with Gasteiger partial charge in [0.2, 0.25) is 11.8 Å². The summed E-state index contributed by atoms with van der Waals surface area (Å²) in [4.78, 5) is 28.0. The highest BCUT2D eigenvalue weighted by molar-refractivity contribution is 6.00. The lowest BCUT2D eigenvalue weighted by Crippen LogP contribution is -2.38. The fraction of sp³-hybridized carbons (Fsp3) is 0.400. The van der Waals surface area contributed by atoms with E-state index >= 15 is 0 Å². The van der Waals surface area contributed by atoms with Gasteiger partial charge in [-0.2, -0.15) is 13.2 Å². The van der Waals surface area contributed by atoms with Crippen LogP contribution in [-0.4, -0.2) is 43.9 Å². The minimum atomic E-state index is -4.50. The van der Waals surface area contributed by atoms with Crippen LogP contribution in [0.5, 0.6) is 0 Å². The number of carbonyl (C=O) groups excluding carboxylic acids is 2. The number of hydrogen-bond acceptors (Lipinski definition) is 4. The van der Waals surface area contributed by atoms with Gasteiger partial charge in [-0.1, -0.05) is 6.07 Å². The van der Waals surface area contributed by atoms with E-state index in [0.29, 0.717) is 5.76 Å². The van der Waals surface area contributed by atoms with Crippen molar-refractivity contribution in [1.82, 2.24) is 10.2 Å². The fourth-order valence-electron chi connectivity index (χ4n) is 3.34. The molecule has 0 bridgehead atoms. The molecule has 3 rings (SSSR count). The summed E-state index contributed by atoms with van der Waals surface area (Å²) in [6.45, 7) is 0.326. The molecular formula is C20H22F3N3O3. The summed E-state index contributed by atoms with van der Waals surface area (Å²) in [6.07, 6.45) is -2.99. The van der Waals surface area contributed by atoms with E-state index in [2.05, 4.69) is 5.32 Å². The van der Waals surface area contributed by atoms with Gasteiger partial charge in [0.05, 0.1) is 23.8 Å². The minimum Gasteiger partial charge on any atom is -0.468 e. The number of alkyl halides is 3. The predicted octanol–water partition coefficient (Wildman–Crippen LogP) is 3.07. The number of benzene rings is 1. The Balaban J connectivity index is 1.65. The van der Waals surface area contributed by atoms with E-state index < -0.39 is 17.7 Å². The number of likely N-dealkylation sites (N-methyl/N-ethyl adjacent to an activating group) is 1. The number of nitrogens with one attached hydrogen (secondary N) is 1. The Bertz CT molecular complexity index is 865. The van der Waals surface area contributed by atoms with Crippen molar-refractivity contribution in [2.45, 2.75) is 18.6 Å². The second-order valence-electron chi connectivity index (χ2n) is 7.19. The highest BCUT2D eigenvalue weighted by atomic mass is 19.4. The van der Waals surface area contributed by atoms with Gasteiger partial charge in [-0.05, 0) is 44.4 Å². The summed E-state index contributed by atoms with van der Waals surface area (Å²) in [5, 5.41) is 2.82. The van der Waals surface area contributed by atoms with Gasteiger partial charge in [0, 0.05) is 25.2 Å². The monoisotopic (exact) mass is 409 g/mol. The average Bonchev–Trinajstić information content (AvgIpc) is 3.31. The zero-order valence-electron chi connectivity index (χ0n) is 16.1. The zero-order chi connectivity index (χ0) is 21.2. The first-order valence-corrected chi connectivity index (χ1v) is 9.12. The molecule has 0 unspecified atom stereocenters. The number of nitrogens with zero attached hydrogens (tertiary/aromatic N) is 2. The lowest BCUT2D eigenvalue weighted by Gasteiger charge is -2.23. The van der Waals surface area contributed by atoms with Crippen LogP contribution in [0.25, 0.3) is 0 Å². The quantitative estimate of drug-likeness (QED) is 0.797. The number of rotatable bonds is 6. The summed E-state index contributed by atoms with van der Waals surface area (Å²) in [5.41, 5.74) is -0.690. The summed E-state index contributed by atoms with van der Waals surface area (Å²) >= 11 is 0. The molecule has 156 valence electrons. The molecule has 1 N–H and O–H groups in total. The number of carbonyl (C=O) groups is 2. The van der Waals surface area contributed by atoms with E-state index in [4.69, 9.17) is 4.42 Å². The maximum Gasteiger partial charge on any atom is 0.416 e. The molecule has 1 aromatic carbocycles. The number of amides is 2. The van der Waals surface area contributed by atoms with Crippen LogP contribution in [0.2, 0.25) is 0 Å². The zero-order valence-corrected chi connectivity index (χ0v) is 16.1. The molecule has 2 aromatic rings. The summed E-state index contributed by atoms with van der Waals surface area (Å²) in [5.74, 6) is -0.620. The lowest BCUT2D eigenvalue weighted by molar-refractivity contribution is -0.137. The van der Waals surface area contributed by atoms with E-state index in [-0.39, 0.29) is 43.1 Å². The Morgan fingerprint density at radius 2 is 2.07 bits per heavy atom. The molecule has 9 heteroatoms. The Kier molecular flexibility index (Phi) is 5.97. The second kappa shape index (κ2) is 8.28. The smallest absolute Gasteiger partial charge is 0.416 e. The predicted molar refractivity (Wildman–Crippen MR) is 100 cm³/mol. The van der Waals surface area contributed by atoms with Gasteiger partial charge in [-0.25, -0.2) is 0 Å². The molecule has 1 saturated heterocycles. The molecule has 1 aliphatic heterocycles. The van der Waals surface area contributed by atoms with Crippen molar-refractivity contribution in [1.29, 1.82) is 0 Å². The van der Waals surface area contributed by atoms with Crippen LogP contribution in [0, 0.1) is 5.92 Å². The van der Waals surface area contributed by atoms with Crippen LogP contribution in [0.3, 0.4) is 0 Å². The van der Waals surface area contributed by atoms with Crippen LogP contribution >= 0.6 is 0 Å². The van der Waals surface area contributed by atoms with Crippen molar-refractivity contribution in [2.24, 2.45) is 5.92 Å². The van der Waals surface area contributed by atoms with Gasteiger partial charge in [0.25, 0.3) is 0 Å². The third kappa shape index (κ3) is 4.79. The van der Waals surface area contributed by atoms with Gasteiger partial charge in [-0.3, -0.25) is 14.5 Å². The summed E-state index contributed by atoms with van der Waals surface area (Å²) in [7, 11) is 3.71. The summed E-state index contributed by atoms with van der Waals surface area (Å²) < 4.78 is 44.2. The van der Waals surface area contributed by atoms with Gasteiger partial charge < -0.3 is 14.6 Å². The van der Waals surface area contributed by atoms with Crippen LogP contribution in [0.15, 0.2) is 47.1 Å². The first kappa shape index (κ1) is 20.9. The Labute approximate surface area is 166 Å². The largest absolute Gasteiger partial charge is 0.468 e. The van der Waals surface area contributed by atoms with E-state index in [9.17, 15) is 22.8 Å². The van der Waals surface area contributed by atoms with Crippen LogP contribution < -0.4 is 10.2 Å². The Hall–Kier alpha value is -2.81. The molecule has 2 atom stereocenters. The first-order chi connectivity index (χ1) is 13.7. The summed E-state index contributed by atoms with van der Waals surface area (Å²) in [6, 6.07) is 7.96. The number of anilines is 1. The maximum absolute atomic E-state index is 12.9. The Morgan fingerprint density at radius 1 is 1.31 bits per heavy atom. The molecule has 2 heterocycles. The number of hydrogen-bond donors (Lipinski definition) is 1. The van der Waals surface area contributed by atoms with Gasteiger partial charge in [0.1, 0.15) is 5.76 Å². The molecule has 0 radical (unpaired) electrons. The topological polar surface area (TPSA) is 65.8 Å². The van der Waals surface area contributed by atoms with Crippen LogP contribution in [0.1, 0.15) is 23.8 Å². The van der Waals surface area contributed by atoms with Gasteiger partial charge in [-0.15, -0.1) is 0 Å². The minimum absolute atomic E-state index is 0.0410. The first-order valence-electron chi connectivity index (χ1n) is 9.12. The molecule has 1 aliphatic rings. The van der Waals surface area contributed by atoms with Crippen LogP contribution in [0.4, 0.5) is 18.9 Å². The SMILES string of the molecule is CN(C)[C@@H](CNC(=O)[C@@H]1CC(=O)N(c2cccc(C(F)(F)F)c2)C1)c1ccco1. The maximum atomic E-state index is 12.9. The van der Waals surface area contributed by atoms with Crippen LogP contribution in [-0.2, 0) is 15.8 Å². The molecule has 1 aromatic heterocycles. The van der Waals surface area contributed by atoms with Crippen molar-refractivity contribution < 1.29 is 27.2 Å². The highest BCUT2D eigenvalue weighted by Gasteiger charge is 2.37. The third-order valence-corrected chi connectivity index (χ3v) is 4.95. The lowest BCUT2D eigenvalue weighted by atomic mass is 10.1. The number of halogens is 3. The average molecular weight is 409 g/mol. The second-order valence-corrected chi connectivity index (χ2v) is 7.19.